The second-order valence-electron chi connectivity index (χ2n) is 4.97. The van der Waals surface area contributed by atoms with Crippen molar-refractivity contribution >= 4 is 21.6 Å². The van der Waals surface area contributed by atoms with Gasteiger partial charge in [0.25, 0.3) is 0 Å². The quantitative estimate of drug-likeness (QED) is 0.787. The summed E-state index contributed by atoms with van der Waals surface area (Å²) in [6, 6.07) is 5.48. The molecule has 0 fully saturated rings. The van der Waals surface area contributed by atoms with Crippen molar-refractivity contribution in [3.8, 4) is 0 Å². The van der Waals surface area contributed by atoms with Gasteiger partial charge in [-0.3, -0.25) is 4.72 Å². The lowest BCUT2D eigenvalue weighted by Crippen LogP contribution is -2.34. The minimum atomic E-state index is -3.53. The van der Waals surface area contributed by atoms with Gasteiger partial charge in [0.15, 0.2) is 0 Å². The number of anilines is 2. The zero-order valence-electron chi connectivity index (χ0n) is 12.5. The molecule has 0 heterocycles. The van der Waals surface area contributed by atoms with Gasteiger partial charge < -0.3 is 10.6 Å². The number of hydrogen-bond acceptors (Lipinski definition) is 4. The van der Waals surface area contributed by atoms with E-state index in [4.69, 9.17) is 5.73 Å². The number of rotatable bonds is 7. The van der Waals surface area contributed by atoms with E-state index in [2.05, 4.69) is 4.72 Å². The number of hydrogen-bond donors (Lipinski definition) is 2. The lowest BCUT2D eigenvalue weighted by atomic mass is 10.2. The topological polar surface area (TPSA) is 78.7 Å². The third-order valence-corrected chi connectivity index (χ3v) is 4.52. The highest BCUT2D eigenvalue weighted by molar-refractivity contribution is 7.90. The van der Waals surface area contributed by atoms with Crippen molar-refractivity contribution in [3.05, 3.63) is 23.8 Å². The summed E-state index contributed by atoms with van der Waals surface area (Å²) in [5, 5.41) is 0. The summed E-state index contributed by atoms with van der Waals surface area (Å²) in [5.41, 5.74) is 8.02. The van der Waals surface area contributed by atoms with Gasteiger partial charge in [-0.25, -0.2) is 0 Å². The highest BCUT2D eigenvalue weighted by atomic mass is 32.2. The zero-order chi connectivity index (χ0) is 15.3. The fourth-order valence-corrected chi connectivity index (χ4v) is 2.77. The third-order valence-electron chi connectivity index (χ3n) is 3.03. The second kappa shape index (κ2) is 6.92. The predicted octanol–water partition coefficient (Wildman–Crippen LogP) is 0.998. The Morgan fingerprint density at radius 1 is 1.25 bits per heavy atom. The summed E-state index contributed by atoms with van der Waals surface area (Å²) >= 11 is 0. The fraction of sp³-hybridized carbons (Fsp3) is 0.538. The summed E-state index contributed by atoms with van der Waals surface area (Å²) in [7, 11) is 1.86. The van der Waals surface area contributed by atoms with Crippen LogP contribution in [0, 0.1) is 6.92 Å². The molecule has 1 rings (SSSR count). The zero-order valence-corrected chi connectivity index (χ0v) is 13.4. The van der Waals surface area contributed by atoms with Crippen LogP contribution in [0.2, 0.25) is 0 Å². The first-order valence-electron chi connectivity index (χ1n) is 6.50. The van der Waals surface area contributed by atoms with E-state index in [-0.39, 0.29) is 0 Å². The van der Waals surface area contributed by atoms with E-state index >= 15 is 0 Å². The summed E-state index contributed by atoms with van der Waals surface area (Å²) < 4.78 is 28.1. The van der Waals surface area contributed by atoms with Crippen LogP contribution in [0.5, 0.6) is 0 Å². The molecular formula is C13H24N4O2S. The van der Waals surface area contributed by atoms with Gasteiger partial charge in [-0.15, -0.1) is 0 Å². The fourth-order valence-electron chi connectivity index (χ4n) is 1.82. The summed E-state index contributed by atoms with van der Waals surface area (Å²) in [6.07, 6.45) is 0.633. The Balaban J connectivity index is 2.90. The minimum absolute atomic E-state index is 0.401. The molecule has 0 bridgehead atoms. The monoisotopic (exact) mass is 300 g/mol. The Kier molecular flexibility index (Phi) is 5.79. The summed E-state index contributed by atoms with van der Waals surface area (Å²) in [6.45, 7) is 2.86. The number of nitrogens with zero attached hydrogens (tertiary/aromatic N) is 2. The van der Waals surface area contributed by atoms with Crippen LogP contribution < -0.4 is 15.4 Å². The molecule has 1 aromatic rings. The van der Waals surface area contributed by atoms with Crippen LogP contribution in [0.15, 0.2) is 18.2 Å². The Hall–Kier alpha value is -1.31. The van der Waals surface area contributed by atoms with Gasteiger partial charge in [0, 0.05) is 33.4 Å². The van der Waals surface area contributed by atoms with E-state index in [1.54, 1.807) is 13.1 Å². The van der Waals surface area contributed by atoms with Crippen molar-refractivity contribution in [3.63, 3.8) is 0 Å². The summed E-state index contributed by atoms with van der Waals surface area (Å²) in [4.78, 5) is 1.95. The average Bonchev–Trinajstić information content (AvgIpc) is 2.37. The number of nitrogens with two attached hydrogens (primary N) is 1. The minimum Gasteiger partial charge on any atom is -0.377 e. The molecule has 0 aliphatic rings. The molecule has 20 heavy (non-hydrogen) atoms. The Morgan fingerprint density at radius 3 is 2.45 bits per heavy atom. The number of benzene rings is 1. The second-order valence-corrected chi connectivity index (χ2v) is 6.74. The van der Waals surface area contributed by atoms with Crippen molar-refractivity contribution in [2.45, 2.75) is 13.3 Å². The van der Waals surface area contributed by atoms with E-state index in [1.165, 1.54) is 4.31 Å². The SMILES string of the molecule is Cc1ccc(NS(=O)(=O)N(C)CCCN)cc1N(C)C. The van der Waals surface area contributed by atoms with Crippen molar-refractivity contribution in [2.75, 3.05) is 43.9 Å². The molecule has 0 saturated heterocycles. The molecular weight excluding hydrogens is 276 g/mol. The highest BCUT2D eigenvalue weighted by Gasteiger charge is 2.17. The molecule has 0 unspecified atom stereocenters. The van der Waals surface area contributed by atoms with E-state index in [0.29, 0.717) is 25.2 Å². The molecule has 6 nitrogen and oxygen atoms in total. The van der Waals surface area contributed by atoms with Gasteiger partial charge in [0.2, 0.25) is 0 Å². The normalized spacial score (nSPS) is 11.7. The largest absolute Gasteiger partial charge is 0.377 e. The van der Waals surface area contributed by atoms with E-state index in [9.17, 15) is 8.42 Å². The van der Waals surface area contributed by atoms with Gasteiger partial charge in [0.05, 0.1) is 5.69 Å². The van der Waals surface area contributed by atoms with E-state index in [0.717, 1.165) is 11.3 Å². The molecule has 0 aromatic heterocycles. The van der Waals surface area contributed by atoms with Crippen LogP contribution in [0.3, 0.4) is 0 Å². The summed E-state index contributed by atoms with van der Waals surface area (Å²) in [5.74, 6) is 0. The molecule has 0 aliphatic heterocycles. The highest BCUT2D eigenvalue weighted by Crippen LogP contribution is 2.23. The van der Waals surface area contributed by atoms with Gasteiger partial charge in [-0.2, -0.15) is 12.7 Å². The molecule has 0 atom stereocenters. The van der Waals surface area contributed by atoms with Crippen LogP contribution >= 0.6 is 0 Å². The molecule has 0 amide bonds. The number of nitrogens with one attached hydrogen (secondary N) is 1. The van der Waals surface area contributed by atoms with Gasteiger partial charge in [-0.1, -0.05) is 6.07 Å². The van der Waals surface area contributed by atoms with Crippen molar-refractivity contribution in [1.29, 1.82) is 0 Å². The van der Waals surface area contributed by atoms with Crippen LogP contribution in [-0.2, 0) is 10.2 Å². The average molecular weight is 300 g/mol. The van der Waals surface area contributed by atoms with Gasteiger partial charge in [0.1, 0.15) is 0 Å². The predicted molar refractivity (Wildman–Crippen MR) is 84.3 cm³/mol. The first-order chi connectivity index (χ1) is 9.27. The molecule has 0 saturated carbocycles. The molecule has 0 aliphatic carbocycles. The third kappa shape index (κ3) is 4.36. The lowest BCUT2D eigenvalue weighted by Gasteiger charge is -2.20. The van der Waals surface area contributed by atoms with E-state index in [1.807, 2.05) is 38.1 Å². The maximum atomic E-state index is 12.1. The first kappa shape index (κ1) is 16.7. The standard InChI is InChI=1S/C13H24N4O2S/c1-11-6-7-12(10-13(11)16(2)3)15-20(18,19)17(4)9-5-8-14/h6-7,10,15H,5,8-9,14H2,1-4H3. The maximum Gasteiger partial charge on any atom is 0.301 e. The van der Waals surface area contributed by atoms with Crippen molar-refractivity contribution in [1.82, 2.24) is 4.31 Å². The van der Waals surface area contributed by atoms with Crippen LogP contribution in [-0.4, -0.2) is 47.0 Å². The molecule has 7 heteroatoms. The van der Waals surface area contributed by atoms with Crippen molar-refractivity contribution < 1.29 is 8.42 Å². The molecule has 3 N–H and O–H groups in total. The van der Waals surface area contributed by atoms with Gasteiger partial charge in [-0.05, 0) is 37.6 Å². The maximum absolute atomic E-state index is 12.1. The lowest BCUT2D eigenvalue weighted by molar-refractivity contribution is 0.468. The van der Waals surface area contributed by atoms with Crippen LogP contribution in [0.4, 0.5) is 11.4 Å². The van der Waals surface area contributed by atoms with Gasteiger partial charge >= 0.3 is 10.2 Å². The Morgan fingerprint density at radius 2 is 1.90 bits per heavy atom. The smallest absolute Gasteiger partial charge is 0.301 e. The van der Waals surface area contributed by atoms with E-state index < -0.39 is 10.2 Å². The number of aryl methyl sites for hydroxylation is 1. The Bertz CT molecular complexity index is 543. The van der Waals surface area contributed by atoms with Crippen LogP contribution in [0.25, 0.3) is 0 Å². The molecule has 0 radical (unpaired) electrons. The van der Waals surface area contributed by atoms with Crippen molar-refractivity contribution in [2.24, 2.45) is 5.73 Å². The van der Waals surface area contributed by atoms with Crippen LogP contribution in [0.1, 0.15) is 12.0 Å². The first-order valence-corrected chi connectivity index (χ1v) is 7.94. The Labute approximate surface area is 121 Å². The molecule has 1 aromatic carbocycles. The molecule has 0 spiro atoms. The molecule has 114 valence electrons.